The van der Waals surface area contributed by atoms with E-state index in [9.17, 15) is 13.5 Å². The molecule has 1 aliphatic rings. The molecule has 4 nitrogen and oxygen atoms in total. The average molecular weight is 366 g/mol. The lowest BCUT2D eigenvalue weighted by molar-refractivity contribution is 0.253. The highest BCUT2D eigenvalue weighted by molar-refractivity contribution is 7.92. The Labute approximate surface area is 147 Å². The predicted molar refractivity (Wildman–Crippen MR) is 95.0 cm³/mol. The van der Waals surface area contributed by atoms with E-state index in [1.54, 1.807) is 12.1 Å². The molecule has 3 atom stereocenters. The van der Waals surface area contributed by atoms with Crippen molar-refractivity contribution < 1.29 is 13.5 Å². The van der Waals surface area contributed by atoms with Crippen LogP contribution in [0.25, 0.3) is 0 Å². The Morgan fingerprint density at radius 1 is 1.12 bits per heavy atom. The topological polar surface area (TPSA) is 80.4 Å². The lowest BCUT2D eigenvalue weighted by Gasteiger charge is -2.08. The fourth-order valence-electron chi connectivity index (χ4n) is 3.30. The van der Waals surface area contributed by atoms with E-state index < -0.39 is 26.5 Å². The van der Waals surface area contributed by atoms with Crippen LogP contribution in [0.15, 0.2) is 53.4 Å². The molecule has 1 saturated carbocycles. The van der Waals surface area contributed by atoms with Crippen LogP contribution in [0.5, 0.6) is 0 Å². The van der Waals surface area contributed by atoms with Crippen LogP contribution >= 0.6 is 11.6 Å². The number of hydrogen-bond acceptors (Lipinski definition) is 4. The van der Waals surface area contributed by atoms with Gasteiger partial charge in [0, 0.05) is 10.9 Å². The zero-order valence-corrected chi connectivity index (χ0v) is 14.9. The van der Waals surface area contributed by atoms with Gasteiger partial charge in [-0.3, -0.25) is 0 Å². The molecule has 0 amide bonds. The number of aliphatic hydroxyl groups is 1. The summed E-state index contributed by atoms with van der Waals surface area (Å²) in [6.45, 7) is 1.67. The Morgan fingerprint density at radius 2 is 1.71 bits per heavy atom. The van der Waals surface area contributed by atoms with Crippen molar-refractivity contribution in [3.05, 3.63) is 64.7 Å². The van der Waals surface area contributed by atoms with Gasteiger partial charge in [-0.15, -0.1) is 0 Å². The van der Waals surface area contributed by atoms with Crippen LogP contribution in [0.1, 0.15) is 24.0 Å². The number of aliphatic hydroxyl groups excluding tert-OH is 1. The van der Waals surface area contributed by atoms with E-state index >= 15 is 0 Å². The van der Waals surface area contributed by atoms with E-state index in [0.717, 1.165) is 12.0 Å². The summed E-state index contributed by atoms with van der Waals surface area (Å²) in [6.07, 6.45) is 0.908. The molecule has 3 rings (SSSR count). The predicted octanol–water partition coefficient (Wildman–Crippen LogP) is 2.53. The van der Waals surface area contributed by atoms with E-state index in [4.69, 9.17) is 17.3 Å². The number of hydrogen-bond donors (Lipinski definition) is 2. The van der Waals surface area contributed by atoms with Crippen molar-refractivity contribution in [2.24, 2.45) is 5.73 Å². The minimum absolute atomic E-state index is 0.174. The van der Waals surface area contributed by atoms with Crippen LogP contribution in [0, 0.1) is 0 Å². The largest absolute Gasteiger partial charge is 0.394 e. The molecule has 1 fully saturated rings. The number of halogens is 1. The van der Waals surface area contributed by atoms with Crippen molar-refractivity contribution in [3.63, 3.8) is 0 Å². The Bertz CT molecular complexity index is 834. The van der Waals surface area contributed by atoms with Crippen molar-refractivity contribution >= 4 is 21.4 Å². The van der Waals surface area contributed by atoms with E-state index in [1.807, 2.05) is 24.3 Å². The molecule has 3 N–H and O–H groups in total. The minimum atomic E-state index is -3.66. The molecule has 2 aromatic rings. The highest BCUT2D eigenvalue weighted by Crippen LogP contribution is 2.55. The monoisotopic (exact) mass is 365 g/mol. The quantitative estimate of drug-likeness (QED) is 0.853. The number of sulfone groups is 1. The molecule has 0 saturated heterocycles. The van der Waals surface area contributed by atoms with Gasteiger partial charge in [0.25, 0.3) is 0 Å². The Balaban J connectivity index is 1.98. The summed E-state index contributed by atoms with van der Waals surface area (Å²) in [5.74, 6) is -0.422. The lowest BCUT2D eigenvalue weighted by atomic mass is 10.0. The molecular weight excluding hydrogens is 346 g/mol. The van der Waals surface area contributed by atoms with Crippen LogP contribution < -0.4 is 5.73 Å². The van der Waals surface area contributed by atoms with E-state index in [-0.39, 0.29) is 11.5 Å². The first-order chi connectivity index (χ1) is 11.3. The Hall–Kier alpha value is -1.40. The zero-order valence-electron chi connectivity index (χ0n) is 13.3. The van der Waals surface area contributed by atoms with Gasteiger partial charge in [-0.05, 0) is 41.8 Å². The molecule has 0 radical (unpaired) electrons. The average Bonchev–Trinajstić information content (AvgIpc) is 3.23. The third-order valence-corrected chi connectivity index (χ3v) is 7.36. The van der Waals surface area contributed by atoms with Gasteiger partial charge in [0.2, 0.25) is 0 Å². The maximum absolute atomic E-state index is 13.0. The standard InChI is InChI=1S/C18H20ClNO3S/c1-2-12-3-5-13(6-4-12)16-17(18(16,20)11-21)24(22,23)15-9-7-14(19)8-10-15/h3-10,16-17,21H,2,11,20H2,1H3/t16-,17+,18+/m1/s1. The molecule has 128 valence electrons. The molecule has 0 unspecified atom stereocenters. The molecule has 0 aromatic heterocycles. The Morgan fingerprint density at radius 3 is 2.21 bits per heavy atom. The molecule has 24 heavy (non-hydrogen) atoms. The van der Waals surface area contributed by atoms with Gasteiger partial charge in [0.1, 0.15) is 0 Å². The molecule has 0 bridgehead atoms. The van der Waals surface area contributed by atoms with Gasteiger partial charge in [-0.1, -0.05) is 42.8 Å². The summed E-state index contributed by atoms with van der Waals surface area (Å²) in [5.41, 5.74) is 7.08. The summed E-state index contributed by atoms with van der Waals surface area (Å²) in [5, 5.41) is 9.34. The third-order valence-electron chi connectivity index (χ3n) is 4.80. The molecular formula is C18H20ClNO3S. The van der Waals surface area contributed by atoms with Crippen molar-refractivity contribution in [1.29, 1.82) is 0 Å². The fraction of sp³-hybridized carbons (Fsp3) is 0.333. The molecule has 0 spiro atoms. The van der Waals surface area contributed by atoms with Crippen molar-refractivity contribution in [2.75, 3.05) is 6.61 Å². The second-order valence-electron chi connectivity index (χ2n) is 6.26. The van der Waals surface area contributed by atoms with Crippen molar-refractivity contribution in [1.82, 2.24) is 0 Å². The van der Waals surface area contributed by atoms with Crippen LogP contribution in [-0.4, -0.2) is 30.9 Å². The van der Waals surface area contributed by atoms with Crippen molar-refractivity contribution in [2.45, 2.75) is 34.9 Å². The maximum atomic E-state index is 13.0. The SMILES string of the molecule is CCc1ccc([C@@H]2[C@H](S(=O)(=O)c3ccc(Cl)cc3)[C@]2(N)CO)cc1. The molecule has 1 aliphatic carbocycles. The van der Waals surface area contributed by atoms with E-state index in [2.05, 4.69) is 6.92 Å². The van der Waals surface area contributed by atoms with Gasteiger partial charge in [-0.25, -0.2) is 8.42 Å². The second kappa shape index (κ2) is 6.15. The summed E-state index contributed by atoms with van der Waals surface area (Å²) in [7, 11) is -3.66. The first-order valence-electron chi connectivity index (χ1n) is 7.82. The third kappa shape index (κ3) is 2.75. The fourth-order valence-corrected chi connectivity index (χ4v) is 5.72. The number of benzene rings is 2. The van der Waals surface area contributed by atoms with Crippen molar-refractivity contribution in [3.8, 4) is 0 Å². The van der Waals surface area contributed by atoms with Gasteiger partial charge in [-0.2, -0.15) is 0 Å². The maximum Gasteiger partial charge on any atom is 0.183 e. The first-order valence-corrected chi connectivity index (χ1v) is 9.75. The van der Waals surface area contributed by atoms with Crippen LogP contribution in [0.4, 0.5) is 0 Å². The van der Waals surface area contributed by atoms with E-state index in [1.165, 1.54) is 17.7 Å². The van der Waals surface area contributed by atoms with Gasteiger partial charge < -0.3 is 10.8 Å². The van der Waals surface area contributed by atoms with E-state index in [0.29, 0.717) is 5.02 Å². The molecule has 0 heterocycles. The number of aryl methyl sites for hydroxylation is 1. The minimum Gasteiger partial charge on any atom is -0.394 e. The van der Waals surface area contributed by atoms with Crippen LogP contribution in [-0.2, 0) is 16.3 Å². The Kier molecular flexibility index (Phi) is 4.47. The zero-order chi connectivity index (χ0) is 17.5. The summed E-state index contributed by atoms with van der Waals surface area (Å²) < 4.78 is 25.9. The molecule has 6 heteroatoms. The van der Waals surface area contributed by atoms with Gasteiger partial charge >= 0.3 is 0 Å². The van der Waals surface area contributed by atoms with Gasteiger partial charge in [0.15, 0.2) is 9.84 Å². The lowest BCUT2D eigenvalue weighted by Crippen LogP contribution is -2.35. The molecule has 2 aromatic carbocycles. The smallest absolute Gasteiger partial charge is 0.183 e. The number of rotatable bonds is 5. The second-order valence-corrected chi connectivity index (χ2v) is 8.77. The first kappa shape index (κ1) is 17.4. The van der Waals surface area contributed by atoms with Crippen LogP contribution in [0.3, 0.4) is 0 Å². The summed E-state index contributed by atoms with van der Waals surface area (Å²) in [6, 6.07) is 13.8. The number of nitrogens with two attached hydrogens (primary N) is 1. The molecule has 0 aliphatic heterocycles. The highest BCUT2D eigenvalue weighted by Gasteiger charge is 2.69. The normalized spacial score (nSPS) is 26.3. The van der Waals surface area contributed by atoms with Gasteiger partial charge in [0.05, 0.1) is 22.3 Å². The summed E-state index contributed by atoms with van der Waals surface area (Å²) >= 11 is 5.83. The highest BCUT2D eigenvalue weighted by atomic mass is 35.5. The van der Waals surface area contributed by atoms with Crippen LogP contribution in [0.2, 0.25) is 5.02 Å². The summed E-state index contributed by atoms with van der Waals surface area (Å²) in [4.78, 5) is 0.174.